The van der Waals surface area contributed by atoms with E-state index in [1.807, 2.05) is 6.07 Å². The van der Waals surface area contributed by atoms with E-state index < -0.39 is 0 Å². The van der Waals surface area contributed by atoms with Crippen LogP contribution in [0.5, 0.6) is 0 Å². The second-order valence-electron chi connectivity index (χ2n) is 6.53. The maximum Gasteiger partial charge on any atom is 0.193 e. The van der Waals surface area contributed by atoms with Gasteiger partial charge in [-0.1, -0.05) is 11.6 Å². The van der Waals surface area contributed by atoms with Gasteiger partial charge in [-0.15, -0.1) is 11.3 Å². The highest BCUT2D eigenvalue weighted by Gasteiger charge is 2.19. The molecule has 7 heteroatoms. The van der Waals surface area contributed by atoms with Crippen molar-refractivity contribution < 1.29 is 4.74 Å². The van der Waals surface area contributed by atoms with Crippen molar-refractivity contribution in [2.24, 2.45) is 10.9 Å². The Morgan fingerprint density at radius 1 is 1.44 bits per heavy atom. The normalized spacial score (nSPS) is 17.0. The molecular formula is C18H31ClN4OS. The highest BCUT2D eigenvalue weighted by Crippen LogP contribution is 2.22. The highest BCUT2D eigenvalue weighted by molar-refractivity contribution is 7.16. The van der Waals surface area contributed by atoms with E-state index in [1.165, 1.54) is 17.7 Å². The molecule has 1 fully saturated rings. The smallest absolute Gasteiger partial charge is 0.193 e. The van der Waals surface area contributed by atoms with Gasteiger partial charge in [0.2, 0.25) is 0 Å². The van der Waals surface area contributed by atoms with E-state index in [4.69, 9.17) is 21.3 Å². The molecule has 0 atom stereocenters. The molecular weight excluding hydrogens is 356 g/mol. The average Bonchev–Trinajstić information content (AvgIpc) is 3.02. The molecule has 1 aromatic heterocycles. The fraction of sp³-hybridized carbons (Fsp3) is 0.722. The van der Waals surface area contributed by atoms with Gasteiger partial charge in [-0.25, -0.2) is 0 Å². The number of thiophene rings is 1. The van der Waals surface area contributed by atoms with Crippen molar-refractivity contribution in [3.05, 3.63) is 21.3 Å². The van der Waals surface area contributed by atoms with Crippen molar-refractivity contribution in [1.82, 2.24) is 15.1 Å². The van der Waals surface area contributed by atoms with Crippen molar-refractivity contribution in [3.63, 3.8) is 0 Å². The van der Waals surface area contributed by atoms with Gasteiger partial charge in [-0.05, 0) is 50.9 Å². The van der Waals surface area contributed by atoms with Crippen LogP contribution in [0.2, 0.25) is 4.34 Å². The van der Waals surface area contributed by atoms with Gasteiger partial charge in [0.25, 0.3) is 0 Å². The Morgan fingerprint density at radius 2 is 2.20 bits per heavy atom. The molecule has 142 valence electrons. The van der Waals surface area contributed by atoms with Crippen molar-refractivity contribution in [1.29, 1.82) is 0 Å². The molecule has 0 unspecified atom stereocenters. The topological polar surface area (TPSA) is 40.1 Å². The molecule has 2 heterocycles. The predicted molar refractivity (Wildman–Crippen MR) is 108 cm³/mol. The minimum absolute atomic E-state index is 0.678. The molecule has 0 spiro atoms. The van der Waals surface area contributed by atoms with Crippen LogP contribution in [-0.4, -0.2) is 69.2 Å². The van der Waals surface area contributed by atoms with Crippen LogP contribution in [0, 0.1) is 5.92 Å². The first-order chi connectivity index (χ1) is 12.1. The largest absolute Gasteiger partial charge is 0.383 e. The first kappa shape index (κ1) is 20.5. The summed E-state index contributed by atoms with van der Waals surface area (Å²) < 4.78 is 6.01. The van der Waals surface area contributed by atoms with Crippen LogP contribution in [0.15, 0.2) is 17.1 Å². The number of likely N-dealkylation sites (tertiary alicyclic amines) is 1. The third kappa shape index (κ3) is 7.13. The fourth-order valence-electron chi connectivity index (χ4n) is 3.04. The zero-order valence-corrected chi connectivity index (χ0v) is 17.2. The van der Waals surface area contributed by atoms with E-state index in [1.54, 1.807) is 18.4 Å². The monoisotopic (exact) mass is 386 g/mol. The number of nitrogens with zero attached hydrogens (tertiary/aromatic N) is 3. The van der Waals surface area contributed by atoms with Gasteiger partial charge in [0.05, 0.1) is 17.5 Å². The van der Waals surface area contributed by atoms with Gasteiger partial charge in [0, 0.05) is 38.7 Å². The van der Waals surface area contributed by atoms with Crippen molar-refractivity contribution in [2.45, 2.75) is 26.3 Å². The number of hydrogen-bond donors (Lipinski definition) is 1. The van der Waals surface area contributed by atoms with E-state index in [0.29, 0.717) is 5.92 Å². The lowest BCUT2D eigenvalue weighted by atomic mass is 9.97. The summed E-state index contributed by atoms with van der Waals surface area (Å²) >= 11 is 7.66. The Kier molecular flexibility index (Phi) is 9.03. The third-order valence-electron chi connectivity index (χ3n) is 4.54. The van der Waals surface area contributed by atoms with Gasteiger partial charge in [-0.2, -0.15) is 0 Å². The van der Waals surface area contributed by atoms with Crippen LogP contribution in [0.3, 0.4) is 0 Å². The summed E-state index contributed by atoms with van der Waals surface area (Å²) in [5, 5.41) is 3.41. The highest BCUT2D eigenvalue weighted by atomic mass is 35.5. The van der Waals surface area contributed by atoms with Crippen LogP contribution in [0.1, 0.15) is 24.6 Å². The number of hydrogen-bond acceptors (Lipinski definition) is 4. The molecule has 2 rings (SSSR count). The Balaban J connectivity index is 1.82. The van der Waals surface area contributed by atoms with E-state index >= 15 is 0 Å². The first-order valence-corrected chi connectivity index (χ1v) is 10.3. The molecule has 0 bridgehead atoms. The van der Waals surface area contributed by atoms with Crippen LogP contribution in [0.25, 0.3) is 0 Å². The molecule has 1 aromatic rings. The second kappa shape index (κ2) is 11.0. The minimum Gasteiger partial charge on any atom is -0.383 e. The lowest BCUT2D eigenvalue weighted by Gasteiger charge is -2.31. The van der Waals surface area contributed by atoms with Crippen LogP contribution >= 0.6 is 22.9 Å². The van der Waals surface area contributed by atoms with Crippen molar-refractivity contribution in [3.8, 4) is 0 Å². The maximum atomic E-state index is 6.03. The number of aliphatic imine (C=N–C) groups is 1. The summed E-state index contributed by atoms with van der Waals surface area (Å²) in [5.41, 5.74) is 0. The summed E-state index contributed by atoms with van der Waals surface area (Å²) in [6.07, 6.45) is 2.44. The number of nitrogens with one attached hydrogen (secondary N) is 1. The average molecular weight is 387 g/mol. The van der Waals surface area contributed by atoms with Crippen LogP contribution < -0.4 is 5.32 Å². The Morgan fingerprint density at radius 3 is 2.80 bits per heavy atom. The van der Waals surface area contributed by atoms with Crippen molar-refractivity contribution in [2.75, 3.05) is 53.5 Å². The lowest BCUT2D eigenvalue weighted by Crippen LogP contribution is -2.40. The van der Waals surface area contributed by atoms with Crippen LogP contribution in [-0.2, 0) is 11.3 Å². The summed E-state index contributed by atoms with van der Waals surface area (Å²) in [5.74, 6) is 1.66. The molecule has 0 aliphatic carbocycles. The van der Waals surface area contributed by atoms with E-state index in [-0.39, 0.29) is 0 Å². The summed E-state index contributed by atoms with van der Waals surface area (Å²) in [7, 11) is 3.85. The number of methoxy groups -OCH3 is 1. The fourth-order valence-corrected chi connectivity index (χ4v) is 4.18. The number of piperidine rings is 1. The quantitative estimate of drug-likeness (QED) is 0.550. The van der Waals surface area contributed by atoms with Gasteiger partial charge in [-0.3, -0.25) is 4.99 Å². The van der Waals surface area contributed by atoms with Gasteiger partial charge in [0.15, 0.2) is 5.96 Å². The molecule has 1 saturated heterocycles. The molecule has 1 aliphatic rings. The van der Waals surface area contributed by atoms with E-state index in [9.17, 15) is 0 Å². The van der Waals surface area contributed by atoms with Gasteiger partial charge in [0.1, 0.15) is 0 Å². The Hall–Kier alpha value is -0.820. The number of ether oxygens (including phenoxy) is 1. The van der Waals surface area contributed by atoms with Crippen LogP contribution in [0.4, 0.5) is 0 Å². The summed E-state index contributed by atoms with van der Waals surface area (Å²) in [6.45, 7) is 8.90. The zero-order chi connectivity index (χ0) is 18.1. The minimum atomic E-state index is 0.678. The van der Waals surface area contributed by atoms with Crippen molar-refractivity contribution >= 4 is 28.9 Å². The number of halogens is 1. The van der Waals surface area contributed by atoms with Gasteiger partial charge >= 0.3 is 0 Å². The molecule has 0 saturated carbocycles. The lowest BCUT2D eigenvalue weighted by molar-refractivity contribution is 0.121. The SMILES string of the molecule is CCNC(=NCC1CCN(CCOC)CC1)N(C)Cc1ccc(Cl)s1. The third-order valence-corrected chi connectivity index (χ3v) is 5.75. The van der Waals surface area contributed by atoms with E-state index in [0.717, 1.165) is 56.2 Å². The van der Waals surface area contributed by atoms with Gasteiger partial charge < -0.3 is 19.9 Å². The molecule has 0 radical (unpaired) electrons. The number of rotatable bonds is 8. The molecule has 0 amide bonds. The second-order valence-corrected chi connectivity index (χ2v) is 8.33. The molecule has 25 heavy (non-hydrogen) atoms. The Labute approximate surface area is 161 Å². The molecule has 0 aromatic carbocycles. The molecule has 1 N–H and O–H groups in total. The molecule has 1 aliphatic heterocycles. The van der Waals surface area contributed by atoms with E-state index in [2.05, 4.69) is 35.2 Å². The zero-order valence-electron chi connectivity index (χ0n) is 15.6. The standard InChI is InChI=1S/C18H31ClN4OS/c1-4-20-18(22(2)14-16-5-6-17(19)25-16)21-13-15-7-9-23(10-8-15)11-12-24-3/h5-6,15H,4,7-14H2,1-3H3,(H,20,21). The predicted octanol–water partition coefficient (Wildman–Crippen LogP) is 3.16. The summed E-state index contributed by atoms with van der Waals surface area (Å²) in [4.78, 5) is 10.8. The Bertz CT molecular complexity index is 529. The number of guanidine groups is 1. The maximum absolute atomic E-state index is 6.03. The molecule has 5 nitrogen and oxygen atoms in total. The first-order valence-electron chi connectivity index (χ1n) is 9.07. The summed E-state index contributed by atoms with van der Waals surface area (Å²) in [6, 6.07) is 4.04.